The highest BCUT2D eigenvalue weighted by molar-refractivity contribution is 5.77. The van der Waals surface area contributed by atoms with E-state index in [9.17, 15) is 4.79 Å². The second-order valence-electron chi connectivity index (χ2n) is 4.53. The first-order valence-electron chi connectivity index (χ1n) is 5.64. The Kier molecular flexibility index (Phi) is 7.34. The monoisotopic (exact) mass is 215 g/mol. The van der Waals surface area contributed by atoms with Gasteiger partial charge in [0.25, 0.3) is 0 Å². The molecule has 0 aliphatic heterocycles. The summed E-state index contributed by atoms with van der Waals surface area (Å²) in [5, 5.41) is 2.90. The highest BCUT2D eigenvalue weighted by Gasteiger charge is 2.10. The van der Waals surface area contributed by atoms with Crippen molar-refractivity contribution in [2.24, 2.45) is 11.7 Å². The molecule has 15 heavy (non-hydrogen) atoms. The van der Waals surface area contributed by atoms with Crippen LogP contribution in [0.15, 0.2) is 0 Å². The van der Waals surface area contributed by atoms with E-state index in [1.165, 1.54) is 0 Å². The Hall–Kier alpha value is -0.610. The first-order chi connectivity index (χ1) is 6.97. The van der Waals surface area contributed by atoms with Gasteiger partial charge in [0, 0.05) is 19.1 Å². The fourth-order valence-corrected chi connectivity index (χ4v) is 1.12. The summed E-state index contributed by atoms with van der Waals surface area (Å²) in [6.07, 6.45) is 1.03. The van der Waals surface area contributed by atoms with Crippen LogP contribution in [0.25, 0.3) is 0 Å². The topological polar surface area (TPSA) is 58.4 Å². The zero-order valence-electron chi connectivity index (χ0n) is 10.4. The van der Waals surface area contributed by atoms with Crippen molar-refractivity contribution in [3.8, 4) is 0 Å². The third-order valence-corrected chi connectivity index (χ3v) is 2.53. The fraction of sp³-hybridized carbons (Fsp3) is 0.909. The Balaban J connectivity index is 3.64. The first kappa shape index (κ1) is 14.4. The molecule has 4 nitrogen and oxygen atoms in total. The van der Waals surface area contributed by atoms with Crippen LogP contribution in [0.5, 0.6) is 0 Å². The van der Waals surface area contributed by atoms with Gasteiger partial charge in [0.2, 0.25) is 5.91 Å². The van der Waals surface area contributed by atoms with Crippen LogP contribution in [0.4, 0.5) is 0 Å². The van der Waals surface area contributed by atoms with E-state index in [1.54, 1.807) is 0 Å². The highest BCUT2D eigenvalue weighted by atomic mass is 16.2. The Morgan fingerprint density at radius 1 is 1.40 bits per heavy atom. The normalized spacial score (nSPS) is 13.3. The molecular weight excluding hydrogens is 190 g/mol. The van der Waals surface area contributed by atoms with E-state index in [0.29, 0.717) is 19.0 Å². The van der Waals surface area contributed by atoms with Crippen molar-refractivity contribution in [1.82, 2.24) is 10.2 Å². The van der Waals surface area contributed by atoms with Crippen molar-refractivity contribution in [3.05, 3.63) is 0 Å². The van der Waals surface area contributed by atoms with E-state index >= 15 is 0 Å². The summed E-state index contributed by atoms with van der Waals surface area (Å²) in [6.45, 7) is 8.08. The molecule has 0 aliphatic rings. The molecule has 90 valence electrons. The molecule has 1 atom stereocenters. The molecule has 0 saturated carbocycles. The molecule has 1 unspecified atom stereocenters. The van der Waals surface area contributed by atoms with Crippen LogP contribution in [0.3, 0.4) is 0 Å². The lowest BCUT2D eigenvalue weighted by Gasteiger charge is -2.22. The number of rotatable bonds is 7. The minimum atomic E-state index is 0.0819. The Morgan fingerprint density at radius 3 is 2.47 bits per heavy atom. The molecule has 0 aromatic carbocycles. The van der Waals surface area contributed by atoms with E-state index in [-0.39, 0.29) is 11.9 Å². The second-order valence-corrected chi connectivity index (χ2v) is 4.53. The summed E-state index contributed by atoms with van der Waals surface area (Å²) in [4.78, 5) is 13.4. The van der Waals surface area contributed by atoms with E-state index in [2.05, 4.69) is 19.2 Å². The maximum atomic E-state index is 11.5. The van der Waals surface area contributed by atoms with Crippen molar-refractivity contribution in [2.45, 2.75) is 33.2 Å². The number of nitrogens with two attached hydrogens (primary N) is 1. The molecule has 0 radical (unpaired) electrons. The standard InChI is InChI=1S/C11H25N3O/c1-9(2)5-6-13-11(15)8-14(4)10(3)7-12/h9-10H,5-8,12H2,1-4H3,(H,13,15). The van der Waals surface area contributed by atoms with Crippen LogP contribution in [-0.4, -0.2) is 43.5 Å². The molecule has 4 heteroatoms. The number of hydrogen-bond acceptors (Lipinski definition) is 3. The number of nitrogens with one attached hydrogen (secondary N) is 1. The van der Waals surface area contributed by atoms with Gasteiger partial charge in [-0.25, -0.2) is 0 Å². The predicted octanol–water partition coefficient (Wildman–Crippen LogP) is 0.428. The van der Waals surface area contributed by atoms with Crippen LogP contribution in [-0.2, 0) is 4.79 Å². The Bertz CT molecular complexity index is 183. The number of carbonyl (C=O) groups excluding carboxylic acids is 1. The van der Waals surface area contributed by atoms with Gasteiger partial charge in [-0.15, -0.1) is 0 Å². The van der Waals surface area contributed by atoms with Crippen molar-refractivity contribution < 1.29 is 4.79 Å². The van der Waals surface area contributed by atoms with Crippen LogP contribution >= 0.6 is 0 Å². The van der Waals surface area contributed by atoms with E-state index in [4.69, 9.17) is 5.73 Å². The summed E-state index contributed by atoms with van der Waals surface area (Å²) in [5.74, 6) is 0.712. The van der Waals surface area contributed by atoms with Crippen molar-refractivity contribution in [3.63, 3.8) is 0 Å². The molecule has 0 rings (SSSR count). The molecule has 0 heterocycles. The van der Waals surface area contributed by atoms with Gasteiger partial charge in [-0.3, -0.25) is 9.69 Å². The quantitative estimate of drug-likeness (QED) is 0.647. The average molecular weight is 215 g/mol. The average Bonchev–Trinajstić information content (AvgIpc) is 2.15. The van der Waals surface area contributed by atoms with Gasteiger partial charge in [-0.05, 0) is 26.3 Å². The SMILES string of the molecule is CC(C)CCNC(=O)CN(C)C(C)CN. The zero-order chi connectivity index (χ0) is 11.8. The minimum absolute atomic E-state index is 0.0819. The first-order valence-corrected chi connectivity index (χ1v) is 5.64. The molecule has 0 fully saturated rings. The van der Waals surface area contributed by atoms with Gasteiger partial charge >= 0.3 is 0 Å². The maximum absolute atomic E-state index is 11.5. The zero-order valence-corrected chi connectivity index (χ0v) is 10.4. The van der Waals surface area contributed by atoms with Gasteiger partial charge in [0.05, 0.1) is 6.54 Å². The molecule has 0 aromatic rings. The highest BCUT2D eigenvalue weighted by Crippen LogP contribution is 1.96. The van der Waals surface area contributed by atoms with Crippen molar-refractivity contribution in [1.29, 1.82) is 0 Å². The smallest absolute Gasteiger partial charge is 0.234 e. The van der Waals surface area contributed by atoms with Crippen LogP contribution in [0.1, 0.15) is 27.2 Å². The minimum Gasteiger partial charge on any atom is -0.355 e. The van der Waals surface area contributed by atoms with Crippen LogP contribution in [0.2, 0.25) is 0 Å². The molecule has 0 aliphatic carbocycles. The number of likely N-dealkylation sites (N-methyl/N-ethyl adjacent to an activating group) is 1. The van der Waals surface area contributed by atoms with Crippen molar-refractivity contribution in [2.75, 3.05) is 26.7 Å². The van der Waals surface area contributed by atoms with E-state index in [0.717, 1.165) is 13.0 Å². The fourth-order valence-electron chi connectivity index (χ4n) is 1.12. The summed E-state index contributed by atoms with van der Waals surface area (Å²) < 4.78 is 0. The third kappa shape index (κ3) is 7.33. The summed E-state index contributed by atoms with van der Waals surface area (Å²) in [7, 11) is 1.92. The van der Waals surface area contributed by atoms with E-state index in [1.807, 2.05) is 18.9 Å². The summed E-state index contributed by atoms with van der Waals surface area (Å²) >= 11 is 0. The molecular formula is C11H25N3O. The lowest BCUT2D eigenvalue weighted by atomic mass is 10.1. The lowest BCUT2D eigenvalue weighted by molar-refractivity contribution is -0.122. The predicted molar refractivity (Wildman–Crippen MR) is 63.6 cm³/mol. The van der Waals surface area contributed by atoms with Crippen LogP contribution in [0, 0.1) is 5.92 Å². The molecule has 3 N–H and O–H groups in total. The van der Waals surface area contributed by atoms with Gasteiger partial charge in [-0.2, -0.15) is 0 Å². The third-order valence-electron chi connectivity index (χ3n) is 2.53. The van der Waals surface area contributed by atoms with Crippen molar-refractivity contribution >= 4 is 5.91 Å². The lowest BCUT2D eigenvalue weighted by Crippen LogP contribution is -2.42. The largest absolute Gasteiger partial charge is 0.355 e. The molecule has 0 aromatic heterocycles. The van der Waals surface area contributed by atoms with E-state index < -0.39 is 0 Å². The van der Waals surface area contributed by atoms with Gasteiger partial charge in [-0.1, -0.05) is 13.8 Å². The molecule has 0 spiro atoms. The number of carbonyl (C=O) groups is 1. The molecule has 0 bridgehead atoms. The van der Waals surface area contributed by atoms with Gasteiger partial charge in [0.15, 0.2) is 0 Å². The number of hydrogen-bond donors (Lipinski definition) is 2. The Labute approximate surface area is 93.2 Å². The second kappa shape index (κ2) is 7.65. The molecule has 0 saturated heterocycles. The van der Waals surface area contributed by atoms with Gasteiger partial charge < -0.3 is 11.1 Å². The maximum Gasteiger partial charge on any atom is 0.234 e. The number of nitrogens with zero attached hydrogens (tertiary/aromatic N) is 1. The Morgan fingerprint density at radius 2 is 2.00 bits per heavy atom. The number of amides is 1. The van der Waals surface area contributed by atoms with Gasteiger partial charge in [0.1, 0.15) is 0 Å². The summed E-state index contributed by atoms with van der Waals surface area (Å²) in [5.41, 5.74) is 5.52. The van der Waals surface area contributed by atoms with Crippen LogP contribution < -0.4 is 11.1 Å². The summed E-state index contributed by atoms with van der Waals surface area (Å²) in [6, 6.07) is 0.251. The molecule has 1 amide bonds.